The van der Waals surface area contributed by atoms with Crippen LogP contribution in [0.5, 0.6) is 5.75 Å². The van der Waals surface area contributed by atoms with Gasteiger partial charge in [0.25, 0.3) is 11.8 Å². The number of hydrogen-bond acceptors (Lipinski definition) is 5. The zero-order valence-electron chi connectivity index (χ0n) is 15.7. The third kappa shape index (κ3) is 4.95. The molecule has 0 saturated carbocycles. The van der Waals surface area contributed by atoms with E-state index in [9.17, 15) is 9.59 Å². The number of carbonyl (C=O) groups is 2. The maximum absolute atomic E-state index is 12.7. The van der Waals surface area contributed by atoms with Crippen LogP contribution in [0.4, 0.5) is 5.69 Å². The summed E-state index contributed by atoms with van der Waals surface area (Å²) in [6.45, 7) is 4.15. The number of benzene rings is 2. The Kier molecular flexibility index (Phi) is 6.39. The van der Waals surface area contributed by atoms with Crippen LogP contribution in [-0.4, -0.2) is 29.9 Å². The number of hydrogen-bond donors (Lipinski definition) is 2. The molecule has 0 saturated heterocycles. The van der Waals surface area contributed by atoms with Gasteiger partial charge in [0.2, 0.25) is 0 Å². The average molecular weight is 395 g/mol. The second kappa shape index (κ2) is 9.14. The fourth-order valence-electron chi connectivity index (χ4n) is 2.56. The van der Waals surface area contributed by atoms with E-state index in [0.717, 1.165) is 10.6 Å². The molecule has 7 heteroatoms. The summed E-state index contributed by atoms with van der Waals surface area (Å²) < 4.78 is 5.46. The van der Waals surface area contributed by atoms with Crippen molar-refractivity contribution in [2.45, 2.75) is 13.8 Å². The lowest BCUT2D eigenvalue weighted by atomic mass is 10.2. The van der Waals surface area contributed by atoms with Gasteiger partial charge in [-0.15, -0.1) is 11.3 Å². The van der Waals surface area contributed by atoms with E-state index in [1.807, 2.05) is 44.2 Å². The Balaban J connectivity index is 1.69. The Labute approximate surface area is 167 Å². The van der Waals surface area contributed by atoms with Crippen molar-refractivity contribution in [1.29, 1.82) is 0 Å². The smallest absolute Gasteiger partial charge is 0.267 e. The highest BCUT2D eigenvalue weighted by atomic mass is 32.1. The number of aryl methyl sites for hydroxylation is 1. The number of carbonyl (C=O) groups excluding carboxylic acids is 2. The van der Waals surface area contributed by atoms with Crippen molar-refractivity contribution in [3.8, 4) is 16.3 Å². The third-order valence-electron chi connectivity index (χ3n) is 3.86. The number of thiazole rings is 1. The molecule has 1 heterocycles. The predicted octanol–water partition coefficient (Wildman–Crippen LogP) is 3.89. The lowest BCUT2D eigenvalue weighted by Gasteiger charge is -2.09. The summed E-state index contributed by atoms with van der Waals surface area (Å²) in [6, 6.07) is 16.7. The molecule has 0 aliphatic heterocycles. The highest BCUT2D eigenvalue weighted by Crippen LogP contribution is 2.28. The number of nitrogens with zero attached hydrogens (tertiary/aromatic N) is 1. The number of rotatable bonds is 7. The molecule has 6 nitrogen and oxygen atoms in total. The fourth-order valence-corrected chi connectivity index (χ4v) is 3.53. The first-order chi connectivity index (χ1) is 13.6. The Hall–Kier alpha value is -3.19. The normalized spacial score (nSPS) is 10.4. The quantitative estimate of drug-likeness (QED) is 0.636. The molecule has 1 aromatic heterocycles. The van der Waals surface area contributed by atoms with Crippen molar-refractivity contribution in [2.75, 3.05) is 18.5 Å². The monoisotopic (exact) mass is 395 g/mol. The minimum atomic E-state index is -0.224. The molecule has 0 fully saturated rings. The van der Waals surface area contributed by atoms with Gasteiger partial charge in [0.05, 0.1) is 5.69 Å². The number of anilines is 1. The summed E-state index contributed by atoms with van der Waals surface area (Å²) in [5.74, 6) is 0.0961. The minimum absolute atomic E-state index is 0.0698. The summed E-state index contributed by atoms with van der Waals surface area (Å²) in [6.07, 6.45) is 0. The first kappa shape index (κ1) is 19.6. The molecule has 0 aliphatic rings. The second-order valence-electron chi connectivity index (χ2n) is 6.02. The topological polar surface area (TPSA) is 80.3 Å². The molecule has 0 aliphatic carbocycles. The van der Waals surface area contributed by atoms with Gasteiger partial charge >= 0.3 is 0 Å². The average Bonchev–Trinajstić information content (AvgIpc) is 3.09. The number of nitrogens with one attached hydrogen (secondary N) is 2. The number of amides is 2. The summed E-state index contributed by atoms with van der Waals surface area (Å²) in [7, 11) is 0. The summed E-state index contributed by atoms with van der Waals surface area (Å²) in [5, 5.41) is 6.34. The van der Waals surface area contributed by atoms with Crippen molar-refractivity contribution in [3.05, 3.63) is 65.2 Å². The summed E-state index contributed by atoms with van der Waals surface area (Å²) >= 11 is 1.36. The van der Waals surface area contributed by atoms with Gasteiger partial charge in [0, 0.05) is 23.9 Å². The van der Waals surface area contributed by atoms with Crippen molar-refractivity contribution in [1.82, 2.24) is 10.3 Å². The fraction of sp³-hybridized carbons (Fsp3) is 0.190. The van der Waals surface area contributed by atoms with Gasteiger partial charge in [-0.1, -0.05) is 36.4 Å². The van der Waals surface area contributed by atoms with Crippen LogP contribution in [0.25, 0.3) is 10.6 Å². The van der Waals surface area contributed by atoms with E-state index in [1.165, 1.54) is 11.3 Å². The van der Waals surface area contributed by atoms with Crippen molar-refractivity contribution in [2.24, 2.45) is 0 Å². The highest BCUT2D eigenvalue weighted by Gasteiger charge is 2.16. The van der Waals surface area contributed by atoms with Crippen LogP contribution in [-0.2, 0) is 4.79 Å². The maximum Gasteiger partial charge on any atom is 0.267 e. The largest absolute Gasteiger partial charge is 0.484 e. The highest BCUT2D eigenvalue weighted by molar-refractivity contribution is 7.17. The zero-order chi connectivity index (χ0) is 19.9. The summed E-state index contributed by atoms with van der Waals surface area (Å²) in [4.78, 5) is 29.3. The molecule has 3 rings (SSSR count). The van der Waals surface area contributed by atoms with Crippen molar-refractivity contribution >= 4 is 28.8 Å². The van der Waals surface area contributed by atoms with Crippen LogP contribution < -0.4 is 15.4 Å². The van der Waals surface area contributed by atoms with E-state index >= 15 is 0 Å². The van der Waals surface area contributed by atoms with Crippen molar-refractivity contribution in [3.63, 3.8) is 0 Å². The maximum atomic E-state index is 12.7. The first-order valence-electron chi connectivity index (χ1n) is 8.90. The van der Waals surface area contributed by atoms with E-state index in [-0.39, 0.29) is 18.4 Å². The molecule has 3 aromatic rings. The zero-order valence-corrected chi connectivity index (χ0v) is 16.5. The van der Waals surface area contributed by atoms with Gasteiger partial charge in [-0.2, -0.15) is 0 Å². The first-order valence-corrected chi connectivity index (χ1v) is 9.72. The van der Waals surface area contributed by atoms with Gasteiger partial charge in [-0.3, -0.25) is 9.59 Å². The van der Waals surface area contributed by atoms with Gasteiger partial charge in [-0.25, -0.2) is 4.98 Å². The van der Waals surface area contributed by atoms with Crippen LogP contribution in [0.1, 0.15) is 22.3 Å². The van der Waals surface area contributed by atoms with Crippen LogP contribution in [0.3, 0.4) is 0 Å². The molecule has 144 valence electrons. The molecule has 28 heavy (non-hydrogen) atoms. The molecule has 2 amide bonds. The second-order valence-corrected chi connectivity index (χ2v) is 7.02. The molecule has 0 spiro atoms. The van der Waals surface area contributed by atoms with E-state index < -0.39 is 0 Å². The predicted molar refractivity (Wildman–Crippen MR) is 111 cm³/mol. The van der Waals surface area contributed by atoms with Crippen LogP contribution in [0, 0.1) is 6.92 Å². The Morgan fingerprint density at radius 2 is 1.89 bits per heavy atom. The molecule has 0 unspecified atom stereocenters. The lowest BCUT2D eigenvalue weighted by Crippen LogP contribution is -2.28. The lowest BCUT2D eigenvalue weighted by molar-refractivity contribution is -0.122. The molecule has 2 aromatic carbocycles. The summed E-state index contributed by atoms with van der Waals surface area (Å²) in [5.41, 5.74) is 2.26. The molecule has 0 bridgehead atoms. The molecule has 0 radical (unpaired) electrons. The number of ether oxygens (including phenoxy) is 1. The van der Waals surface area contributed by atoms with Crippen LogP contribution in [0.2, 0.25) is 0 Å². The van der Waals surface area contributed by atoms with Gasteiger partial charge < -0.3 is 15.4 Å². The SMILES string of the molecule is CCNC(=O)COc1cccc(NC(=O)c2sc(-c3ccccc3)nc2C)c1. The van der Waals surface area contributed by atoms with E-state index in [0.29, 0.717) is 28.6 Å². The van der Waals surface area contributed by atoms with E-state index in [1.54, 1.807) is 24.3 Å². The Morgan fingerprint density at radius 3 is 2.64 bits per heavy atom. The molecule has 2 N–H and O–H groups in total. The Morgan fingerprint density at radius 1 is 1.11 bits per heavy atom. The van der Waals surface area contributed by atoms with Crippen LogP contribution >= 0.6 is 11.3 Å². The molecule has 0 atom stereocenters. The molecular weight excluding hydrogens is 374 g/mol. The van der Waals surface area contributed by atoms with Gasteiger partial charge in [-0.05, 0) is 26.0 Å². The van der Waals surface area contributed by atoms with Crippen molar-refractivity contribution < 1.29 is 14.3 Å². The standard InChI is InChI=1S/C21H21N3O3S/c1-3-22-18(25)13-27-17-11-7-10-16(12-17)24-20(26)19-14(2)23-21(28-19)15-8-5-4-6-9-15/h4-12H,3,13H2,1-2H3,(H,22,25)(H,24,26). The minimum Gasteiger partial charge on any atom is -0.484 e. The van der Waals surface area contributed by atoms with E-state index in [2.05, 4.69) is 15.6 Å². The van der Waals surface area contributed by atoms with Gasteiger partial charge in [0.15, 0.2) is 6.61 Å². The van der Waals surface area contributed by atoms with Crippen LogP contribution in [0.15, 0.2) is 54.6 Å². The van der Waals surface area contributed by atoms with Gasteiger partial charge in [0.1, 0.15) is 15.6 Å². The third-order valence-corrected chi connectivity index (χ3v) is 5.06. The molecular formula is C21H21N3O3S. The number of likely N-dealkylation sites (N-methyl/N-ethyl adjacent to an activating group) is 1. The Bertz CT molecular complexity index is 970. The van der Waals surface area contributed by atoms with E-state index in [4.69, 9.17) is 4.74 Å². The number of aromatic nitrogens is 1.